The van der Waals surface area contributed by atoms with Gasteiger partial charge in [0.05, 0.1) is 0 Å². The Labute approximate surface area is 85.5 Å². The lowest BCUT2D eigenvalue weighted by Gasteiger charge is -2.01. The summed E-state index contributed by atoms with van der Waals surface area (Å²) in [5.74, 6) is 0. The minimum Gasteiger partial charge on any atom is -0.293 e. The average Bonchev–Trinajstić information content (AvgIpc) is 2.26. The lowest BCUT2D eigenvalue weighted by molar-refractivity contribution is 1.43. The standard InChI is InChI=1S/C13H15N/c1-4-12(10-11(2)14-3)13-8-6-5-7-9-13/h4-10H,1H2,2-3H3/b12-10+,14-11-. The smallest absolute Gasteiger partial charge is 0.0320 e. The van der Waals surface area contributed by atoms with Gasteiger partial charge in [-0.15, -0.1) is 0 Å². The first-order valence-corrected chi connectivity index (χ1v) is 4.61. The van der Waals surface area contributed by atoms with Crippen molar-refractivity contribution in [2.24, 2.45) is 4.99 Å². The second kappa shape index (κ2) is 5.18. The first kappa shape index (κ1) is 10.5. The minimum absolute atomic E-state index is 1.00. The summed E-state index contributed by atoms with van der Waals surface area (Å²) in [6, 6.07) is 10.2. The van der Waals surface area contributed by atoms with E-state index in [0.717, 1.165) is 11.3 Å². The molecule has 0 saturated heterocycles. The van der Waals surface area contributed by atoms with Gasteiger partial charge in [0.1, 0.15) is 0 Å². The van der Waals surface area contributed by atoms with Gasteiger partial charge in [0.15, 0.2) is 0 Å². The topological polar surface area (TPSA) is 12.4 Å². The molecular formula is C13H15N. The van der Waals surface area contributed by atoms with Crippen molar-refractivity contribution in [3.63, 3.8) is 0 Å². The summed E-state index contributed by atoms with van der Waals surface area (Å²) in [6.45, 7) is 5.78. The number of aliphatic imine (C=N–C) groups is 1. The molecule has 0 unspecified atom stereocenters. The van der Waals surface area contributed by atoms with Crippen LogP contribution in [0.1, 0.15) is 12.5 Å². The van der Waals surface area contributed by atoms with Gasteiger partial charge in [-0.05, 0) is 24.1 Å². The highest BCUT2D eigenvalue weighted by Crippen LogP contribution is 2.14. The summed E-state index contributed by atoms with van der Waals surface area (Å²) >= 11 is 0. The van der Waals surface area contributed by atoms with E-state index in [0.29, 0.717) is 0 Å². The SMILES string of the molecule is C=C/C(=C\C(C)=N/C)c1ccccc1. The van der Waals surface area contributed by atoms with Gasteiger partial charge in [-0.3, -0.25) is 4.99 Å². The molecular weight excluding hydrogens is 170 g/mol. The summed E-state index contributed by atoms with van der Waals surface area (Å²) in [6.07, 6.45) is 3.88. The van der Waals surface area contributed by atoms with Gasteiger partial charge >= 0.3 is 0 Å². The molecule has 0 bridgehead atoms. The molecule has 1 heteroatoms. The highest BCUT2D eigenvalue weighted by Gasteiger charge is 1.95. The monoisotopic (exact) mass is 185 g/mol. The Kier molecular flexibility index (Phi) is 3.86. The van der Waals surface area contributed by atoms with Crippen LogP contribution in [-0.4, -0.2) is 12.8 Å². The van der Waals surface area contributed by atoms with E-state index in [1.165, 1.54) is 5.56 Å². The Morgan fingerprint density at radius 3 is 2.43 bits per heavy atom. The van der Waals surface area contributed by atoms with Crippen molar-refractivity contribution in [3.8, 4) is 0 Å². The molecule has 0 aliphatic rings. The number of hydrogen-bond donors (Lipinski definition) is 0. The maximum absolute atomic E-state index is 4.09. The van der Waals surface area contributed by atoms with E-state index in [-0.39, 0.29) is 0 Å². The molecule has 0 saturated carbocycles. The zero-order valence-electron chi connectivity index (χ0n) is 8.70. The van der Waals surface area contributed by atoms with Gasteiger partial charge < -0.3 is 0 Å². The second-order valence-electron chi connectivity index (χ2n) is 3.03. The fraction of sp³-hybridized carbons (Fsp3) is 0.154. The van der Waals surface area contributed by atoms with E-state index in [1.807, 2.05) is 37.3 Å². The lowest BCUT2D eigenvalue weighted by Crippen LogP contribution is -1.87. The van der Waals surface area contributed by atoms with Gasteiger partial charge in [0.25, 0.3) is 0 Å². The maximum atomic E-state index is 4.09. The Morgan fingerprint density at radius 1 is 1.29 bits per heavy atom. The normalized spacial score (nSPS) is 12.7. The summed E-state index contributed by atoms with van der Waals surface area (Å²) in [7, 11) is 1.79. The number of allylic oxidation sites excluding steroid dienone is 3. The lowest BCUT2D eigenvalue weighted by atomic mass is 10.0. The van der Waals surface area contributed by atoms with Crippen LogP contribution in [0.25, 0.3) is 5.57 Å². The van der Waals surface area contributed by atoms with E-state index in [2.05, 4.69) is 23.7 Å². The summed E-state index contributed by atoms with van der Waals surface area (Å²) in [5, 5.41) is 0. The zero-order valence-corrected chi connectivity index (χ0v) is 8.70. The van der Waals surface area contributed by atoms with Crippen LogP contribution in [0.2, 0.25) is 0 Å². The summed E-state index contributed by atoms with van der Waals surface area (Å²) in [5.41, 5.74) is 3.28. The molecule has 14 heavy (non-hydrogen) atoms. The molecule has 72 valence electrons. The molecule has 1 aromatic carbocycles. The first-order chi connectivity index (χ1) is 6.77. The quantitative estimate of drug-likeness (QED) is 0.506. The predicted octanol–water partition coefficient (Wildman–Crippen LogP) is 3.35. The zero-order chi connectivity index (χ0) is 10.4. The molecule has 0 fully saturated rings. The van der Waals surface area contributed by atoms with Crippen LogP contribution >= 0.6 is 0 Å². The number of nitrogens with zero attached hydrogens (tertiary/aromatic N) is 1. The molecule has 0 aliphatic carbocycles. The molecule has 0 radical (unpaired) electrons. The average molecular weight is 185 g/mol. The molecule has 0 heterocycles. The Hall–Kier alpha value is -1.63. The summed E-state index contributed by atoms with van der Waals surface area (Å²) < 4.78 is 0. The van der Waals surface area contributed by atoms with Gasteiger partial charge in [0.2, 0.25) is 0 Å². The Balaban J connectivity index is 3.05. The molecule has 1 nitrogen and oxygen atoms in total. The molecule has 0 amide bonds. The fourth-order valence-corrected chi connectivity index (χ4v) is 1.18. The fourth-order valence-electron chi connectivity index (χ4n) is 1.18. The highest BCUT2D eigenvalue weighted by molar-refractivity contribution is 6.00. The molecule has 0 N–H and O–H groups in total. The van der Waals surface area contributed by atoms with Crippen LogP contribution < -0.4 is 0 Å². The van der Waals surface area contributed by atoms with Crippen LogP contribution in [0.4, 0.5) is 0 Å². The van der Waals surface area contributed by atoms with E-state index >= 15 is 0 Å². The van der Waals surface area contributed by atoms with Gasteiger partial charge in [-0.1, -0.05) is 43.0 Å². The van der Waals surface area contributed by atoms with Crippen molar-refractivity contribution in [1.82, 2.24) is 0 Å². The first-order valence-electron chi connectivity index (χ1n) is 4.61. The third kappa shape index (κ3) is 2.70. The van der Waals surface area contributed by atoms with Crippen LogP contribution in [0.5, 0.6) is 0 Å². The van der Waals surface area contributed by atoms with E-state index in [1.54, 1.807) is 7.05 Å². The van der Waals surface area contributed by atoms with Gasteiger partial charge in [-0.2, -0.15) is 0 Å². The Bertz CT molecular complexity index is 358. The molecule has 0 atom stereocenters. The summed E-state index contributed by atoms with van der Waals surface area (Å²) in [4.78, 5) is 4.09. The number of rotatable bonds is 3. The molecule has 1 aromatic rings. The van der Waals surface area contributed by atoms with Crippen molar-refractivity contribution in [3.05, 3.63) is 54.6 Å². The minimum atomic E-state index is 1.00. The third-order valence-corrected chi connectivity index (χ3v) is 2.04. The van der Waals surface area contributed by atoms with Crippen LogP contribution in [0.15, 0.2) is 54.1 Å². The molecule has 0 spiro atoms. The second-order valence-corrected chi connectivity index (χ2v) is 3.03. The molecule has 0 aliphatic heterocycles. The number of hydrogen-bond acceptors (Lipinski definition) is 1. The van der Waals surface area contributed by atoms with Crippen LogP contribution in [-0.2, 0) is 0 Å². The van der Waals surface area contributed by atoms with E-state index in [9.17, 15) is 0 Å². The van der Waals surface area contributed by atoms with E-state index < -0.39 is 0 Å². The van der Waals surface area contributed by atoms with Crippen molar-refractivity contribution < 1.29 is 0 Å². The van der Waals surface area contributed by atoms with E-state index in [4.69, 9.17) is 0 Å². The molecule has 0 aromatic heterocycles. The largest absolute Gasteiger partial charge is 0.293 e. The van der Waals surface area contributed by atoms with Gasteiger partial charge in [0, 0.05) is 12.8 Å². The third-order valence-electron chi connectivity index (χ3n) is 2.04. The van der Waals surface area contributed by atoms with Crippen molar-refractivity contribution in [2.75, 3.05) is 7.05 Å². The van der Waals surface area contributed by atoms with Crippen molar-refractivity contribution >= 4 is 11.3 Å². The highest BCUT2D eigenvalue weighted by atomic mass is 14.7. The number of benzene rings is 1. The maximum Gasteiger partial charge on any atom is 0.0320 e. The van der Waals surface area contributed by atoms with Crippen LogP contribution in [0.3, 0.4) is 0 Å². The predicted molar refractivity (Wildman–Crippen MR) is 63.6 cm³/mol. The Morgan fingerprint density at radius 2 is 1.93 bits per heavy atom. The molecule has 1 rings (SSSR count). The van der Waals surface area contributed by atoms with Crippen molar-refractivity contribution in [2.45, 2.75) is 6.92 Å². The van der Waals surface area contributed by atoms with Crippen LogP contribution in [0, 0.1) is 0 Å². The van der Waals surface area contributed by atoms with Crippen molar-refractivity contribution in [1.29, 1.82) is 0 Å². The van der Waals surface area contributed by atoms with Gasteiger partial charge in [-0.25, -0.2) is 0 Å².